The van der Waals surface area contributed by atoms with Gasteiger partial charge in [0.25, 0.3) is 6.43 Å². The van der Waals surface area contributed by atoms with Gasteiger partial charge in [0.1, 0.15) is 5.41 Å². The summed E-state index contributed by atoms with van der Waals surface area (Å²) in [5.41, 5.74) is -0.268. The lowest BCUT2D eigenvalue weighted by Crippen LogP contribution is -2.37. The topological polar surface area (TPSA) is 37.6 Å². The number of carbonyl (C=O) groups excluding carboxylic acids is 1. The van der Waals surface area contributed by atoms with Gasteiger partial charge in [0, 0.05) is 23.4 Å². The van der Waals surface area contributed by atoms with Gasteiger partial charge in [-0.05, 0) is 41.4 Å². The van der Waals surface area contributed by atoms with Crippen LogP contribution in [-0.2, 0) is 4.79 Å². The highest BCUT2D eigenvalue weighted by Gasteiger charge is 2.50. The Hall–Kier alpha value is -1.50. The van der Waals surface area contributed by atoms with Crippen molar-refractivity contribution in [3.63, 3.8) is 0 Å². The number of carbonyl (C=O) groups is 1. The van der Waals surface area contributed by atoms with Crippen molar-refractivity contribution in [1.29, 1.82) is 0 Å². The minimum atomic E-state index is -2.66. The number of amides is 1. The Morgan fingerprint density at radius 2 is 2.25 bits per heavy atom. The molecule has 106 valence electrons. The fourth-order valence-electron chi connectivity index (χ4n) is 2.49. The smallest absolute Gasteiger partial charge is 0.252 e. The van der Waals surface area contributed by atoms with Crippen molar-refractivity contribution in [3.05, 3.63) is 29.0 Å². The van der Waals surface area contributed by atoms with Crippen LogP contribution >= 0.6 is 15.9 Å². The minimum absolute atomic E-state index is 0.153. The molecule has 0 saturated carbocycles. The van der Waals surface area contributed by atoms with Crippen LogP contribution < -0.4 is 4.90 Å². The second kappa shape index (κ2) is 4.51. The molecule has 1 fully saturated rings. The van der Waals surface area contributed by atoms with Gasteiger partial charge in [-0.25, -0.2) is 13.3 Å². The van der Waals surface area contributed by atoms with E-state index < -0.39 is 17.7 Å². The molecule has 1 aliphatic heterocycles. The van der Waals surface area contributed by atoms with Crippen molar-refractivity contribution >= 4 is 33.0 Å². The third kappa shape index (κ3) is 1.83. The van der Waals surface area contributed by atoms with Crippen LogP contribution in [0.15, 0.2) is 29.0 Å². The Labute approximate surface area is 122 Å². The van der Waals surface area contributed by atoms with Crippen molar-refractivity contribution in [3.8, 4) is 0 Å². The van der Waals surface area contributed by atoms with Gasteiger partial charge in [0.2, 0.25) is 5.91 Å². The lowest BCUT2D eigenvalue weighted by atomic mass is 9.90. The van der Waals surface area contributed by atoms with Crippen molar-refractivity contribution in [2.45, 2.75) is 19.8 Å². The summed E-state index contributed by atoms with van der Waals surface area (Å²) in [6.45, 7) is 1.62. The molecule has 0 spiro atoms. The lowest BCUT2D eigenvalue weighted by molar-refractivity contribution is -0.132. The number of nitrogens with zero attached hydrogens (tertiary/aromatic N) is 3. The summed E-state index contributed by atoms with van der Waals surface area (Å²) in [7, 11) is 0. The monoisotopic (exact) mass is 343 g/mol. The Morgan fingerprint density at radius 1 is 1.50 bits per heavy atom. The van der Waals surface area contributed by atoms with E-state index >= 15 is 0 Å². The quantitative estimate of drug-likeness (QED) is 0.840. The highest BCUT2D eigenvalue weighted by molar-refractivity contribution is 9.10. The van der Waals surface area contributed by atoms with Crippen LogP contribution in [0, 0.1) is 5.41 Å². The molecule has 1 amide bonds. The number of hydrogen-bond acceptors (Lipinski definition) is 2. The predicted octanol–water partition coefficient (Wildman–Crippen LogP) is 3.10. The van der Waals surface area contributed by atoms with Crippen molar-refractivity contribution < 1.29 is 13.6 Å². The fourth-order valence-corrected chi connectivity index (χ4v) is 2.90. The number of alkyl halides is 2. The first-order valence-corrected chi connectivity index (χ1v) is 6.96. The molecule has 1 saturated heterocycles. The van der Waals surface area contributed by atoms with E-state index in [2.05, 4.69) is 21.0 Å². The maximum Gasteiger partial charge on any atom is 0.252 e. The Balaban J connectivity index is 2.07. The van der Waals surface area contributed by atoms with Gasteiger partial charge >= 0.3 is 0 Å². The van der Waals surface area contributed by atoms with E-state index in [9.17, 15) is 13.6 Å². The van der Waals surface area contributed by atoms with Crippen LogP contribution in [0.2, 0.25) is 0 Å². The molecule has 20 heavy (non-hydrogen) atoms. The number of fused-ring (bicyclic) bond motifs is 1. The summed E-state index contributed by atoms with van der Waals surface area (Å²) in [5, 5.41) is 4.13. The van der Waals surface area contributed by atoms with Crippen molar-refractivity contribution in [2.24, 2.45) is 5.41 Å². The van der Waals surface area contributed by atoms with E-state index in [4.69, 9.17) is 0 Å². The molecule has 1 atom stereocenters. The van der Waals surface area contributed by atoms with Gasteiger partial charge < -0.3 is 4.90 Å². The first-order valence-electron chi connectivity index (χ1n) is 6.16. The van der Waals surface area contributed by atoms with E-state index in [1.807, 2.05) is 6.07 Å². The van der Waals surface area contributed by atoms with Crippen molar-refractivity contribution in [1.82, 2.24) is 9.61 Å². The second-order valence-electron chi connectivity index (χ2n) is 5.13. The fraction of sp³-hybridized carbons (Fsp3) is 0.385. The molecule has 0 unspecified atom stereocenters. The largest absolute Gasteiger partial charge is 0.310 e. The Morgan fingerprint density at radius 3 is 2.90 bits per heavy atom. The number of halogens is 3. The highest BCUT2D eigenvalue weighted by Crippen LogP contribution is 2.40. The Kier molecular flexibility index (Phi) is 3.04. The highest BCUT2D eigenvalue weighted by atomic mass is 79.9. The number of rotatable bonds is 2. The number of anilines is 1. The van der Waals surface area contributed by atoms with Gasteiger partial charge in [-0.3, -0.25) is 4.79 Å². The minimum Gasteiger partial charge on any atom is -0.310 e. The van der Waals surface area contributed by atoms with Crippen molar-refractivity contribution in [2.75, 3.05) is 11.4 Å². The average molecular weight is 344 g/mol. The van der Waals surface area contributed by atoms with Gasteiger partial charge in [-0.2, -0.15) is 5.10 Å². The third-order valence-corrected chi connectivity index (χ3v) is 4.25. The summed E-state index contributed by atoms with van der Waals surface area (Å²) in [6.07, 6.45) is 0.808. The normalized spacial score (nSPS) is 23.2. The van der Waals surface area contributed by atoms with Crippen LogP contribution in [0.4, 0.5) is 14.5 Å². The van der Waals surface area contributed by atoms with Gasteiger partial charge in [-0.1, -0.05) is 0 Å². The molecule has 1 aliphatic rings. The standard InChI is InChI=1S/C13H12BrF2N3O/c1-13(11(15)16)3-5-18(12(13)20)9-2-4-17-19-7-8(14)6-10(9)19/h2,4,6-7,11H,3,5H2,1H3/t13-/m1/s1. The van der Waals surface area contributed by atoms with Gasteiger partial charge in [0.15, 0.2) is 0 Å². The maximum atomic E-state index is 13.1. The molecule has 2 aromatic rings. The molecule has 7 heteroatoms. The zero-order valence-corrected chi connectivity index (χ0v) is 12.3. The van der Waals surface area contributed by atoms with E-state index in [1.54, 1.807) is 23.0 Å². The zero-order valence-electron chi connectivity index (χ0n) is 10.7. The van der Waals surface area contributed by atoms with Crippen LogP contribution in [0.25, 0.3) is 5.52 Å². The lowest BCUT2D eigenvalue weighted by Gasteiger charge is -2.22. The van der Waals surface area contributed by atoms with E-state index in [0.717, 1.165) is 4.47 Å². The molecular formula is C13H12BrF2N3O. The average Bonchev–Trinajstić information content (AvgIpc) is 2.91. The van der Waals surface area contributed by atoms with Crippen LogP contribution in [-0.4, -0.2) is 28.5 Å². The van der Waals surface area contributed by atoms with E-state index in [1.165, 1.54) is 11.8 Å². The second-order valence-corrected chi connectivity index (χ2v) is 6.05. The molecule has 3 heterocycles. The van der Waals surface area contributed by atoms with Crippen LogP contribution in [0.3, 0.4) is 0 Å². The van der Waals surface area contributed by atoms with Crippen LogP contribution in [0.1, 0.15) is 13.3 Å². The number of hydrogen-bond donors (Lipinski definition) is 0. The summed E-state index contributed by atoms with van der Waals surface area (Å²) < 4.78 is 28.7. The summed E-state index contributed by atoms with van der Waals surface area (Å²) in [6, 6.07) is 3.49. The third-order valence-electron chi connectivity index (χ3n) is 3.81. The maximum absolute atomic E-state index is 13.1. The summed E-state index contributed by atoms with van der Waals surface area (Å²) >= 11 is 3.34. The first kappa shape index (κ1) is 13.5. The molecule has 0 N–H and O–H groups in total. The van der Waals surface area contributed by atoms with Gasteiger partial charge in [0.05, 0.1) is 11.2 Å². The van der Waals surface area contributed by atoms with E-state index in [-0.39, 0.29) is 6.42 Å². The molecule has 4 nitrogen and oxygen atoms in total. The summed E-state index contributed by atoms with van der Waals surface area (Å²) in [5.74, 6) is -0.530. The van der Waals surface area contributed by atoms with Gasteiger partial charge in [-0.15, -0.1) is 0 Å². The molecule has 2 aromatic heterocycles. The zero-order chi connectivity index (χ0) is 14.5. The molecule has 0 aromatic carbocycles. The molecule has 0 radical (unpaired) electrons. The molecule has 0 bridgehead atoms. The predicted molar refractivity (Wildman–Crippen MR) is 74.0 cm³/mol. The summed E-state index contributed by atoms with van der Waals surface area (Å²) in [4.78, 5) is 13.8. The molecule has 0 aliphatic carbocycles. The van der Waals surface area contributed by atoms with E-state index in [0.29, 0.717) is 17.7 Å². The SMILES string of the molecule is C[C@]1(C(F)F)CCN(c2ccnn3cc(Br)cc23)C1=O. The molecule has 3 rings (SSSR count). The first-order chi connectivity index (χ1) is 9.43. The number of aromatic nitrogens is 2. The Bertz CT molecular complexity index is 687. The molecular weight excluding hydrogens is 332 g/mol. The van der Waals surface area contributed by atoms with Crippen LogP contribution in [0.5, 0.6) is 0 Å².